The standard InChI is InChI=1S/C24H26N2O5/c1-6-17-14(2)18-9-8-16(13-19(18)26-24(17)28)25-22(27)10-7-15-11-20(29-3)23(31-5)21(12-15)30-4/h7-13,18H,6H2,1-5H3,(H,26,28)/b10-7+,25-16?. The zero-order chi connectivity index (χ0) is 22.5. The number of fused-ring (bicyclic) bond motifs is 1. The number of methoxy groups -OCH3 is 3. The number of nitrogens with one attached hydrogen (secondary N) is 1. The minimum atomic E-state index is -0.424. The number of carbonyl (C=O) groups is 2. The summed E-state index contributed by atoms with van der Waals surface area (Å²) in [5.74, 6) is 0.963. The molecule has 7 heteroatoms. The number of hydrogen-bond acceptors (Lipinski definition) is 5. The van der Waals surface area contributed by atoms with Gasteiger partial charge in [-0.1, -0.05) is 18.6 Å². The molecule has 3 rings (SSSR count). The minimum absolute atomic E-state index is 0.0106. The third-order valence-corrected chi connectivity index (χ3v) is 5.27. The fraction of sp³-hybridized carbons (Fsp3) is 0.292. The van der Waals surface area contributed by atoms with Crippen molar-refractivity contribution >= 4 is 23.6 Å². The number of allylic oxidation sites excluding steroid dienone is 3. The molecule has 2 amide bonds. The monoisotopic (exact) mass is 422 g/mol. The highest BCUT2D eigenvalue weighted by Crippen LogP contribution is 2.38. The van der Waals surface area contributed by atoms with Gasteiger partial charge in [0.1, 0.15) is 0 Å². The van der Waals surface area contributed by atoms with Gasteiger partial charge in [0.05, 0.1) is 27.0 Å². The van der Waals surface area contributed by atoms with Crippen LogP contribution in [0.1, 0.15) is 25.8 Å². The highest BCUT2D eigenvalue weighted by molar-refractivity contribution is 6.13. The maximum Gasteiger partial charge on any atom is 0.270 e. The van der Waals surface area contributed by atoms with E-state index in [0.717, 1.165) is 16.8 Å². The van der Waals surface area contributed by atoms with Gasteiger partial charge in [0, 0.05) is 23.3 Å². The topological polar surface area (TPSA) is 86.2 Å². The lowest BCUT2D eigenvalue weighted by molar-refractivity contribution is -0.117. The summed E-state index contributed by atoms with van der Waals surface area (Å²) in [5.41, 5.74) is 3.76. The number of aliphatic imine (C=N–C) groups is 1. The second-order valence-electron chi connectivity index (χ2n) is 7.07. The number of carbonyl (C=O) groups excluding carboxylic acids is 2. The van der Waals surface area contributed by atoms with Crippen LogP contribution in [0.3, 0.4) is 0 Å². The molecule has 1 heterocycles. The second-order valence-corrected chi connectivity index (χ2v) is 7.07. The van der Waals surface area contributed by atoms with E-state index in [1.807, 2.05) is 19.9 Å². The predicted octanol–water partition coefficient (Wildman–Crippen LogP) is 3.62. The third kappa shape index (κ3) is 4.60. The summed E-state index contributed by atoms with van der Waals surface area (Å²) in [4.78, 5) is 28.8. The quantitative estimate of drug-likeness (QED) is 0.708. The van der Waals surface area contributed by atoms with Crippen molar-refractivity contribution in [1.82, 2.24) is 5.32 Å². The molecule has 162 valence electrons. The van der Waals surface area contributed by atoms with Crippen LogP contribution in [0.4, 0.5) is 0 Å². The first-order valence-corrected chi connectivity index (χ1v) is 9.93. The average molecular weight is 422 g/mol. The van der Waals surface area contributed by atoms with Crippen LogP contribution in [0.15, 0.2) is 58.3 Å². The highest BCUT2D eigenvalue weighted by atomic mass is 16.5. The molecule has 1 aromatic carbocycles. The molecule has 1 aromatic rings. The normalized spacial score (nSPS) is 19.3. The van der Waals surface area contributed by atoms with Crippen LogP contribution in [0, 0.1) is 5.92 Å². The summed E-state index contributed by atoms with van der Waals surface area (Å²) in [5, 5.41) is 2.91. The van der Waals surface area contributed by atoms with Crippen LogP contribution in [0.25, 0.3) is 6.08 Å². The summed E-state index contributed by atoms with van der Waals surface area (Å²) >= 11 is 0. The molecule has 0 spiro atoms. The Hall–Kier alpha value is -3.61. The highest BCUT2D eigenvalue weighted by Gasteiger charge is 2.28. The van der Waals surface area contributed by atoms with Crippen molar-refractivity contribution in [2.45, 2.75) is 20.3 Å². The van der Waals surface area contributed by atoms with Crippen molar-refractivity contribution in [1.29, 1.82) is 0 Å². The van der Waals surface area contributed by atoms with E-state index in [1.165, 1.54) is 27.4 Å². The molecule has 0 radical (unpaired) electrons. The fourth-order valence-corrected chi connectivity index (χ4v) is 3.70. The van der Waals surface area contributed by atoms with E-state index in [9.17, 15) is 9.59 Å². The average Bonchev–Trinajstić information content (AvgIpc) is 2.76. The molecule has 1 atom stereocenters. The van der Waals surface area contributed by atoms with Gasteiger partial charge in [-0.05, 0) is 49.3 Å². The number of amides is 2. The molecular weight excluding hydrogens is 396 g/mol. The summed E-state index contributed by atoms with van der Waals surface area (Å²) in [6.07, 6.45) is 9.17. The Morgan fingerprint density at radius 1 is 1.16 bits per heavy atom. The number of ether oxygens (including phenoxy) is 3. The smallest absolute Gasteiger partial charge is 0.270 e. The van der Waals surface area contributed by atoms with Crippen LogP contribution >= 0.6 is 0 Å². The van der Waals surface area contributed by atoms with Crippen molar-refractivity contribution in [3.05, 3.63) is 58.8 Å². The van der Waals surface area contributed by atoms with Gasteiger partial charge in [0.15, 0.2) is 11.5 Å². The lowest BCUT2D eigenvalue weighted by Gasteiger charge is -2.29. The van der Waals surface area contributed by atoms with Crippen LogP contribution in [-0.2, 0) is 9.59 Å². The molecular formula is C24H26N2O5. The Kier molecular flexibility index (Phi) is 6.74. The van der Waals surface area contributed by atoms with Crippen LogP contribution < -0.4 is 19.5 Å². The Morgan fingerprint density at radius 2 is 1.84 bits per heavy atom. The SMILES string of the molecule is CCC1=C(C)C2C=CC(=NC(=O)/C=C/c3cc(OC)c(OC)c(OC)c3)C=C2NC1=O. The van der Waals surface area contributed by atoms with E-state index in [1.54, 1.807) is 30.4 Å². The summed E-state index contributed by atoms with van der Waals surface area (Å²) < 4.78 is 16.0. The van der Waals surface area contributed by atoms with Gasteiger partial charge in [-0.25, -0.2) is 4.99 Å². The molecule has 0 saturated heterocycles. The Morgan fingerprint density at radius 3 is 2.42 bits per heavy atom. The number of benzene rings is 1. The summed E-state index contributed by atoms with van der Waals surface area (Å²) in [6.45, 7) is 3.93. The van der Waals surface area contributed by atoms with Gasteiger partial charge in [0.25, 0.3) is 11.8 Å². The van der Waals surface area contributed by atoms with E-state index < -0.39 is 5.91 Å². The fourth-order valence-electron chi connectivity index (χ4n) is 3.70. The van der Waals surface area contributed by atoms with Crippen molar-refractivity contribution < 1.29 is 23.8 Å². The molecule has 0 fully saturated rings. The first-order chi connectivity index (χ1) is 14.9. The van der Waals surface area contributed by atoms with E-state index in [2.05, 4.69) is 10.3 Å². The molecule has 1 aliphatic heterocycles. The largest absolute Gasteiger partial charge is 0.493 e. The molecule has 31 heavy (non-hydrogen) atoms. The summed E-state index contributed by atoms with van der Waals surface area (Å²) in [6, 6.07) is 3.48. The van der Waals surface area contributed by atoms with Gasteiger partial charge in [-0.3, -0.25) is 9.59 Å². The lowest BCUT2D eigenvalue weighted by atomic mass is 9.84. The number of hydrogen-bond donors (Lipinski definition) is 1. The van der Waals surface area contributed by atoms with Gasteiger partial charge in [-0.2, -0.15) is 0 Å². The predicted molar refractivity (Wildman–Crippen MR) is 119 cm³/mol. The van der Waals surface area contributed by atoms with Crippen molar-refractivity contribution in [2.75, 3.05) is 21.3 Å². The van der Waals surface area contributed by atoms with E-state index >= 15 is 0 Å². The van der Waals surface area contributed by atoms with E-state index in [4.69, 9.17) is 14.2 Å². The van der Waals surface area contributed by atoms with Crippen molar-refractivity contribution in [3.8, 4) is 17.2 Å². The lowest BCUT2D eigenvalue weighted by Crippen LogP contribution is -2.36. The Balaban J connectivity index is 1.80. The molecule has 0 bridgehead atoms. The molecule has 1 N–H and O–H groups in total. The molecule has 0 saturated carbocycles. The van der Waals surface area contributed by atoms with Crippen molar-refractivity contribution in [2.24, 2.45) is 10.9 Å². The first kappa shape index (κ1) is 22.1. The second kappa shape index (κ2) is 9.47. The molecule has 1 aliphatic carbocycles. The van der Waals surface area contributed by atoms with E-state index in [0.29, 0.717) is 34.9 Å². The van der Waals surface area contributed by atoms with Crippen LogP contribution in [-0.4, -0.2) is 38.9 Å². The maximum atomic E-state index is 12.4. The zero-order valence-corrected chi connectivity index (χ0v) is 18.3. The van der Waals surface area contributed by atoms with Crippen molar-refractivity contribution in [3.63, 3.8) is 0 Å². The molecule has 1 unspecified atom stereocenters. The van der Waals surface area contributed by atoms with Crippen LogP contribution in [0.5, 0.6) is 17.2 Å². The van der Waals surface area contributed by atoms with Gasteiger partial charge >= 0.3 is 0 Å². The van der Waals surface area contributed by atoms with Gasteiger partial charge in [0.2, 0.25) is 5.75 Å². The molecule has 0 aromatic heterocycles. The first-order valence-electron chi connectivity index (χ1n) is 9.93. The molecule has 2 aliphatic rings. The number of rotatable bonds is 6. The summed E-state index contributed by atoms with van der Waals surface area (Å²) in [7, 11) is 4.59. The maximum absolute atomic E-state index is 12.4. The Bertz CT molecular complexity index is 1030. The molecule has 7 nitrogen and oxygen atoms in total. The minimum Gasteiger partial charge on any atom is -0.493 e. The number of nitrogens with zero attached hydrogens (tertiary/aromatic N) is 1. The zero-order valence-electron chi connectivity index (χ0n) is 18.3. The van der Waals surface area contributed by atoms with Gasteiger partial charge < -0.3 is 19.5 Å². The van der Waals surface area contributed by atoms with Gasteiger partial charge in [-0.15, -0.1) is 0 Å². The third-order valence-electron chi connectivity index (χ3n) is 5.27. The Labute approximate surface area is 181 Å². The van der Waals surface area contributed by atoms with E-state index in [-0.39, 0.29) is 11.8 Å². The van der Waals surface area contributed by atoms with Crippen LogP contribution in [0.2, 0.25) is 0 Å².